The van der Waals surface area contributed by atoms with E-state index in [0.29, 0.717) is 16.9 Å². The van der Waals surface area contributed by atoms with Crippen LogP contribution in [0.2, 0.25) is 0 Å². The number of rotatable bonds is 6. The summed E-state index contributed by atoms with van der Waals surface area (Å²) in [6.07, 6.45) is 1.96. The van der Waals surface area contributed by atoms with Crippen molar-refractivity contribution in [3.05, 3.63) is 71.5 Å². The highest BCUT2D eigenvalue weighted by molar-refractivity contribution is 7.98. The number of esters is 1. The first-order valence-electron chi connectivity index (χ1n) is 8.72. The smallest absolute Gasteiger partial charge is 0.338 e. The summed E-state index contributed by atoms with van der Waals surface area (Å²) in [4.78, 5) is 25.4. The third-order valence-corrected chi connectivity index (χ3v) is 4.96. The summed E-state index contributed by atoms with van der Waals surface area (Å²) in [5.41, 5.74) is 3.43. The maximum absolute atomic E-state index is 12.3. The van der Waals surface area contributed by atoms with Crippen LogP contribution in [0.25, 0.3) is 5.69 Å². The minimum absolute atomic E-state index is 0.363. The van der Waals surface area contributed by atoms with Crippen LogP contribution in [-0.4, -0.2) is 34.5 Å². The number of carbonyl (C=O) groups excluding carboxylic acids is 2. The second kappa shape index (κ2) is 8.75. The van der Waals surface area contributed by atoms with E-state index in [2.05, 4.69) is 10.4 Å². The summed E-state index contributed by atoms with van der Waals surface area (Å²) < 4.78 is 6.89. The van der Waals surface area contributed by atoms with Gasteiger partial charge in [0.2, 0.25) is 0 Å². The molecule has 0 fully saturated rings. The number of benzene rings is 2. The Labute approximate surface area is 167 Å². The molecule has 144 valence electrons. The van der Waals surface area contributed by atoms with E-state index in [1.54, 1.807) is 28.6 Å². The molecule has 3 aromatic rings. The summed E-state index contributed by atoms with van der Waals surface area (Å²) in [7, 11) is 0. The topological polar surface area (TPSA) is 73.2 Å². The fraction of sp³-hybridized carbons (Fsp3) is 0.190. The van der Waals surface area contributed by atoms with Gasteiger partial charge in [-0.2, -0.15) is 5.10 Å². The molecule has 0 aliphatic rings. The van der Waals surface area contributed by atoms with Crippen molar-refractivity contribution >= 4 is 29.3 Å². The van der Waals surface area contributed by atoms with Crippen molar-refractivity contribution in [2.75, 3.05) is 18.2 Å². The van der Waals surface area contributed by atoms with Gasteiger partial charge < -0.3 is 10.1 Å². The molecule has 3 rings (SSSR count). The minimum Gasteiger partial charge on any atom is -0.452 e. The van der Waals surface area contributed by atoms with Gasteiger partial charge in [0, 0.05) is 4.90 Å². The number of aryl methyl sites for hydroxylation is 1. The Morgan fingerprint density at radius 3 is 2.39 bits per heavy atom. The number of ether oxygens (including phenoxy) is 1. The summed E-state index contributed by atoms with van der Waals surface area (Å²) in [5.74, 6) is -0.941. The Bertz CT molecular complexity index is 982. The SMILES string of the molecule is CSc1ccc(C(=O)OCC(=O)Nc2c(C)nn(-c3ccccc3)c2C)cc1. The Balaban J connectivity index is 1.63. The maximum Gasteiger partial charge on any atom is 0.338 e. The van der Waals surface area contributed by atoms with Gasteiger partial charge in [0.25, 0.3) is 5.91 Å². The van der Waals surface area contributed by atoms with Crippen LogP contribution in [0, 0.1) is 13.8 Å². The Hall–Kier alpha value is -3.06. The quantitative estimate of drug-likeness (QED) is 0.504. The molecule has 0 aliphatic carbocycles. The van der Waals surface area contributed by atoms with E-state index in [-0.39, 0.29) is 6.61 Å². The van der Waals surface area contributed by atoms with Crippen molar-refractivity contribution in [3.8, 4) is 5.69 Å². The molecule has 0 bridgehead atoms. The van der Waals surface area contributed by atoms with Gasteiger partial charge in [0.15, 0.2) is 6.61 Å². The molecule has 0 radical (unpaired) electrons. The van der Waals surface area contributed by atoms with Crippen LogP contribution >= 0.6 is 11.8 Å². The Morgan fingerprint density at radius 2 is 1.75 bits per heavy atom. The van der Waals surface area contributed by atoms with Crippen molar-refractivity contribution < 1.29 is 14.3 Å². The van der Waals surface area contributed by atoms with Crippen LogP contribution in [0.3, 0.4) is 0 Å². The highest BCUT2D eigenvalue weighted by atomic mass is 32.2. The van der Waals surface area contributed by atoms with Crippen LogP contribution in [0.5, 0.6) is 0 Å². The molecule has 0 saturated heterocycles. The number of nitrogens with zero attached hydrogens (tertiary/aromatic N) is 2. The van der Waals surface area contributed by atoms with Gasteiger partial charge in [-0.15, -0.1) is 11.8 Å². The number of thioether (sulfide) groups is 1. The number of carbonyl (C=O) groups is 2. The molecule has 6 nitrogen and oxygen atoms in total. The van der Waals surface area contributed by atoms with Gasteiger partial charge in [-0.05, 0) is 56.5 Å². The molecular formula is C21H21N3O3S. The van der Waals surface area contributed by atoms with Crippen LogP contribution in [0.15, 0.2) is 59.5 Å². The van der Waals surface area contributed by atoms with Gasteiger partial charge in [-0.3, -0.25) is 4.79 Å². The van der Waals surface area contributed by atoms with Gasteiger partial charge >= 0.3 is 5.97 Å². The molecular weight excluding hydrogens is 374 g/mol. The van der Waals surface area contributed by atoms with Crippen LogP contribution in [0.1, 0.15) is 21.7 Å². The predicted molar refractivity (Wildman–Crippen MR) is 110 cm³/mol. The highest BCUT2D eigenvalue weighted by Gasteiger charge is 2.16. The molecule has 0 spiro atoms. The predicted octanol–water partition coefficient (Wildman–Crippen LogP) is 4.01. The zero-order valence-corrected chi connectivity index (χ0v) is 16.7. The van der Waals surface area contributed by atoms with Crippen molar-refractivity contribution in [1.29, 1.82) is 0 Å². The first-order chi connectivity index (χ1) is 13.5. The summed E-state index contributed by atoms with van der Waals surface area (Å²) >= 11 is 1.59. The number of aromatic nitrogens is 2. The van der Waals surface area contributed by atoms with Crippen molar-refractivity contribution in [2.24, 2.45) is 0 Å². The van der Waals surface area contributed by atoms with E-state index in [9.17, 15) is 9.59 Å². The van der Waals surface area contributed by atoms with Gasteiger partial charge in [0.05, 0.1) is 28.3 Å². The molecule has 0 atom stereocenters. The summed E-state index contributed by atoms with van der Waals surface area (Å²) in [5, 5.41) is 7.28. The van der Waals surface area contributed by atoms with Crippen molar-refractivity contribution in [3.63, 3.8) is 0 Å². The summed E-state index contributed by atoms with van der Waals surface area (Å²) in [6.45, 7) is 3.34. The Morgan fingerprint density at radius 1 is 1.07 bits per heavy atom. The molecule has 0 unspecified atom stereocenters. The van der Waals surface area contributed by atoms with E-state index in [4.69, 9.17) is 4.74 Å². The average Bonchev–Trinajstić information content (AvgIpc) is 3.01. The van der Waals surface area contributed by atoms with E-state index in [0.717, 1.165) is 16.3 Å². The first-order valence-corrected chi connectivity index (χ1v) is 9.94. The van der Waals surface area contributed by atoms with Crippen LogP contribution in [-0.2, 0) is 9.53 Å². The zero-order chi connectivity index (χ0) is 20.1. The number of para-hydroxylation sites is 1. The van der Waals surface area contributed by atoms with E-state index in [1.807, 2.05) is 62.6 Å². The van der Waals surface area contributed by atoms with E-state index < -0.39 is 11.9 Å². The molecule has 0 saturated carbocycles. The second-order valence-corrected chi connectivity index (χ2v) is 7.03. The number of anilines is 1. The largest absolute Gasteiger partial charge is 0.452 e. The number of hydrogen-bond acceptors (Lipinski definition) is 5. The average molecular weight is 395 g/mol. The fourth-order valence-corrected chi connectivity index (χ4v) is 3.17. The minimum atomic E-state index is -0.531. The third-order valence-electron chi connectivity index (χ3n) is 4.22. The second-order valence-electron chi connectivity index (χ2n) is 6.15. The maximum atomic E-state index is 12.3. The normalized spacial score (nSPS) is 10.5. The summed E-state index contributed by atoms with van der Waals surface area (Å²) in [6, 6.07) is 16.7. The molecule has 0 aliphatic heterocycles. The monoisotopic (exact) mass is 395 g/mol. The standard InChI is InChI=1S/C21H21N3O3S/c1-14-20(15(2)24(23-14)17-7-5-4-6-8-17)22-19(25)13-27-21(26)16-9-11-18(28-3)12-10-16/h4-12H,13H2,1-3H3,(H,22,25). The van der Waals surface area contributed by atoms with Gasteiger partial charge in [-0.1, -0.05) is 18.2 Å². The molecule has 1 amide bonds. The number of hydrogen-bond donors (Lipinski definition) is 1. The lowest BCUT2D eigenvalue weighted by Gasteiger charge is -2.08. The van der Waals surface area contributed by atoms with Crippen LogP contribution in [0.4, 0.5) is 5.69 Å². The van der Waals surface area contributed by atoms with E-state index in [1.165, 1.54) is 0 Å². The highest BCUT2D eigenvalue weighted by Crippen LogP contribution is 2.22. The fourth-order valence-electron chi connectivity index (χ4n) is 2.76. The molecule has 1 N–H and O–H groups in total. The van der Waals surface area contributed by atoms with E-state index >= 15 is 0 Å². The molecule has 2 aromatic carbocycles. The molecule has 1 heterocycles. The Kier molecular flexibility index (Phi) is 6.16. The van der Waals surface area contributed by atoms with Crippen molar-refractivity contribution in [1.82, 2.24) is 9.78 Å². The number of amides is 1. The van der Waals surface area contributed by atoms with Gasteiger partial charge in [-0.25, -0.2) is 9.48 Å². The lowest BCUT2D eigenvalue weighted by atomic mass is 10.2. The third kappa shape index (κ3) is 4.43. The number of nitrogens with one attached hydrogen (secondary N) is 1. The lowest BCUT2D eigenvalue weighted by Crippen LogP contribution is -2.21. The van der Waals surface area contributed by atoms with Gasteiger partial charge in [0.1, 0.15) is 0 Å². The first kappa shape index (κ1) is 19.7. The zero-order valence-electron chi connectivity index (χ0n) is 15.9. The molecule has 1 aromatic heterocycles. The van der Waals surface area contributed by atoms with Crippen LogP contribution < -0.4 is 5.32 Å². The molecule has 28 heavy (non-hydrogen) atoms. The van der Waals surface area contributed by atoms with Crippen molar-refractivity contribution in [2.45, 2.75) is 18.7 Å². The lowest BCUT2D eigenvalue weighted by molar-refractivity contribution is -0.119. The molecule has 7 heteroatoms.